The molecular weight excluding hydrogens is 226 g/mol. The first kappa shape index (κ1) is 14.3. The van der Waals surface area contributed by atoms with Gasteiger partial charge in [0.2, 0.25) is 0 Å². The van der Waals surface area contributed by atoms with Crippen molar-refractivity contribution in [2.75, 3.05) is 19.8 Å². The Morgan fingerprint density at radius 2 is 2.06 bits per heavy atom. The molecule has 1 saturated heterocycles. The highest BCUT2D eigenvalue weighted by atomic mass is 16.5. The topological polar surface area (TPSA) is 30.5 Å². The second-order valence-electron chi connectivity index (χ2n) is 6.50. The Hall–Kier alpha value is -0.120. The van der Waals surface area contributed by atoms with Gasteiger partial charge < -0.3 is 14.8 Å². The molecule has 106 valence electrons. The minimum absolute atomic E-state index is 0.0596. The third-order valence-corrected chi connectivity index (χ3v) is 4.36. The Kier molecular flexibility index (Phi) is 4.68. The molecule has 2 rings (SSSR count). The van der Waals surface area contributed by atoms with Crippen LogP contribution in [0.5, 0.6) is 0 Å². The van der Waals surface area contributed by atoms with E-state index in [1.807, 2.05) is 0 Å². The summed E-state index contributed by atoms with van der Waals surface area (Å²) in [5.41, 5.74) is 0.154. The lowest BCUT2D eigenvalue weighted by molar-refractivity contribution is -0.0871. The Labute approximate surface area is 112 Å². The first-order valence-corrected chi connectivity index (χ1v) is 7.57. The zero-order chi connectivity index (χ0) is 13.1. The van der Waals surface area contributed by atoms with Crippen LogP contribution in [-0.2, 0) is 9.47 Å². The maximum atomic E-state index is 6.06. The summed E-state index contributed by atoms with van der Waals surface area (Å²) in [6.45, 7) is 9.02. The van der Waals surface area contributed by atoms with Gasteiger partial charge in [0.25, 0.3) is 0 Å². The van der Waals surface area contributed by atoms with Crippen molar-refractivity contribution in [2.24, 2.45) is 0 Å². The summed E-state index contributed by atoms with van der Waals surface area (Å²) in [7, 11) is 0. The standard InChI is InChI=1S/C15H29NO2/c1-4-17-14(2,3)12-16-13-7-10-18-15(11-13)8-5-6-9-15/h13,16H,4-12H2,1-3H3. The second-order valence-corrected chi connectivity index (χ2v) is 6.50. The number of rotatable bonds is 5. The first-order chi connectivity index (χ1) is 8.55. The SMILES string of the molecule is CCOC(C)(C)CNC1CCOC2(CCCC2)C1. The van der Waals surface area contributed by atoms with Crippen LogP contribution < -0.4 is 5.32 Å². The van der Waals surface area contributed by atoms with Crippen LogP contribution in [0.2, 0.25) is 0 Å². The van der Waals surface area contributed by atoms with Gasteiger partial charge >= 0.3 is 0 Å². The van der Waals surface area contributed by atoms with Crippen LogP contribution in [0.4, 0.5) is 0 Å². The molecular formula is C15H29NO2. The van der Waals surface area contributed by atoms with Gasteiger partial charge in [0.05, 0.1) is 11.2 Å². The number of ether oxygens (including phenoxy) is 2. The van der Waals surface area contributed by atoms with Crippen molar-refractivity contribution in [3.63, 3.8) is 0 Å². The first-order valence-electron chi connectivity index (χ1n) is 7.57. The van der Waals surface area contributed by atoms with Gasteiger partial charge in [-0.05, 0) is 46.5 Å². The largest absolute Gasteiger partial charge is 0.375 e. The molecule has 0 aromatic rings. The van der Waals surface area contributed by atoms with Crippen molar-refractivity contribution in [3.8, 4) is 0 Å². The van der Waals surface area contributed by atoms with E-state index >= 15 is 0 Å². The Bertz CT molecular complexity index is 259. The molecule has 1 heterocycles. The maximum Gasteiger partial charge on any atom is 0.0750 e. The average Bonchev–Trinajstić information content (AvgIpc) is 2.75. The van der Waals surface area contributed by atoms with Gasteiger partial charge in [-0.1, -0.05) is 12.8 Å². The molecule has 1 aliphatic carbocycles. The molecule has 1 aliphatic heterocycles. The van der Waals surface area contributed by atoms with Crippen LogP contribution in [0.3, 0.4) is 0 Å². The summed E-state index contributed by atoms with van der Waals surface area (Å²) < 4.78 is 11.8. The molecule has 18 heavy (non-hydrogen) atoms. The van der Waals surface area contributed by atoms with Crippen LogP contribution in [0.1, 0.15) is 59.3 Å². The molecule has 1 spiro atoms. The van der Waals surface area contributed by atoms with E-state index in [2.05, 4.69) is 26.1 Å². The molecule has 0 aromatic heterocycles. The van der Waals surface area contributed by atoms with Crippen molar-refractivity contribution in [2.45, 2.75) is 76.5 Å². The third-order valence-electron chi connectivity index (χ3n) is 4.36. The fourth-order valence-electron chi connectivity index (χ4n) is 3.40. The molecule has 1 atom stereocenters. The molecule has 0 bridgehead atoms. The van der Waals surface area contributed by atoms with E-state index in [-0.39, 0.29) is 11.2 Å². The van der Waals surface area contributed by atoms with Crippen molar-refractivity contribution in [1.29, 1.82) is 0 Å². The van der Waals surface area contributed by atoms with Crippen molar-refractivity contribution in [3.05, 3.63) is 0 Å². The smallest absolute Gasteiger partial charge is 0.0750 e. The third kappa shape index (κ3) is 3.69. The van der Waals surface area contributed by atoms with Gasteiger partial charge in [0.15, 0.2) is 0 Å². The summed E-state index contributed by atoms with van der Waals surface area (Å²) in [6, 6.07) is 0.608. The Morgan fingerprint density at radius 3 is 2.72 bits per heavy atom. The van der Waals surface area contributed by atoms with Gasteiger partial charge in [0, 0.05) is 25.8 Å². The zero-order valence-corrected chi connectivity index (χ0v) is 12.3. The molecule has 0 amide bonds. The molecule has 2 fully saturated rings. The van der Waals surface area contributed by atoms with Crippen LogP contribution in [0, 0.1) is 0 Å². The van der Waals surface area contributed by atoms with E-state index in [0.29, 0.717) is 6.04 Å². The molecule has 1 N–H and O–H groups in total. The summed E-state index contributed by atoms with van der Waals surface area (Å²) in [5, 5.41) is 3.69. The maximum absolute atomic E-state index is 6.06. The van der Waals surface area contributed by atoms with E-state index in [9.17, 15) is 0 Å². The van der Waals surface area contributed by atoms with E-state index in [4.69, 9.17) is 9.47 Å². The Balaban J connectivity index is 1.79. The molecule has 0 aromatic carbocycles. The van der Waals surface area contributed by atoms with Crippen LogP contribution in [-0.4, -0.2) is 37.0 Å². The fourth-order valence-corrected chi connectivity index (χ4v) is 3.40. The number of hydrogen-bond acceptors (Lipinski definition) is 3. The highest BCUT2D eigenvalue weighted by Crippen LogP contribution is 2.39. The van der Waals surface area contributed by atoms with Gasteiger partial charge in [-0.2, -0.15) is 0 Å². The predicted molar refractivity (Wildman–Crippen MR) is 73.9 cm³/mol. The molecule has 2 aliphatic rings. The van der Waals surface area contributed by atoms with Gasteiger partial charge in [0.1, 0.15) is 0 Å². The summed E-state index contributed by atoms with van der Waals surface area (Å²) in [5.74, 6) is 0. The second kappa shape index (κ2) is 5.89. The predicted octanol–water partition coefficient (Wildman–Crippen LogP) is 2.88. The number of nitrogens with one attached hydrogen (secondary N) is 1. The highest BCUT2D eigenvalue weighted by Gasteiger charge is 2.40. The summed E-state index contributed by atoms with van der Waals surface area (Å²) in [4.78, 5) is 0. The normalized spacial score (nSPS) is 27.8. The van der Waals surface area contributed by atoms with Crippen molar-refractivity contribution >= 4 is 0 Å². The van der Waals surface area contributed by atoms with Crippen molar-refractivity contribution < 1.29 is 9.47 Å². The van der Waals surface area contributed by atoms with Crippen LogP contribution >= 0.6 is 0 Å². The lowest BCUT2D eigenvalue weighted by Crippen LogP contribution is -2.49. The minimum Gasteiger partial charge on any atom is -0.375 e. The van der Waals surface area contributed by atoms with E-state index in [1.54, 1.807) is 0 Å². The van der Waals surface area contributed by atoms with Crippen LogP contribution in [0.25, 0.3) is 0 Å². The lowest BCUT2D eigenvalue weighted by atomic mass is 9.88. The Morgan fingerprint density at radius 1 is 1.33 bits per heavy atom. The van der Waals surface area contributed by atoms with Gasteiger partial charge in [-0.15, -0.1) is 0 Å². The van der Waals surface area contributed by atoms with Gasteiger partial charge in [-0.3, -0.25) is 0 Å². The van der Waals surface area contributed by atoms with E-state index < -0.39 is 0 Å². The molecule has 3 nitrogen and oxygen atoms in total. The van der Waals surface area contributed by atoms with Crippen molar-refractivity contribution in [1.82, 2.24) is 5.32 Å². The number of hydrogen-bond donors (Lipinski definition) is 1. The monoisotopic (exact) mass is 255 g/mol. The lowest BCUT2D eigenvalue weighted by Gasteiger charge is -2.39. The summed E-state index contributed by atoms with van der Waals surface area (Å²) >= 11 is 0. The van der Waals surface area contributed by atoms with Crippen LogP contribution in [0.15, 0.2) is 0 Å². The minimum atomic E-state index is -0.0596. The molecule has 3 heteroatoms. The highest BCUT2D eigenvalue weighted by molar-refractivity contribution is 4.94. The molecule has 0 radical (unpaired) electrons. The zero-order valence-electron chi connectivity index (χ0n) is 12.3. The van der Waals surface area contributed by atoms with E-state index in [0.717, 1.165) is 26.2 Å². The fraction of sp³-hybridized carbons (Fsp3) is 1.00. The molecule has 1 unspecified atom stereocenters. The van der Waals surface area contributed by atoms with E-state index in [1.165, 1.54) is 32.1 Å². The summed E-state index contributed by atoms with van der Waals surface area (Å²) in [6.07, 6.45) is 7.55. The molecule has 1 saturated carbocycles. The quantitative estimate of drug-likeness (QED) is 0.819. The average molecular weight is 255 g/mol. The van der Waals surface area contributed by atoms with Gasteiger partial charge in [-0.25, -0.2) is 0 Å².